The van der Waals surface area contributed by atoms with Crippen LogP contribution in [0.1, 0.15) is 47.5 Å². The normalized spacial score (nSPS) is 17.4. The average Bonchev–Trinajstić information content (AvgIpc) is 3.03. The van der Waals surface area contributed by atoms with E-state index in [1.807, 2.05) is 0 Å². The van der Waals surface area contributed by atoms with E-state index < -0.39 is 21.1 Å². The van der Waals surface area contributed by atoms with E-state index in [0.717, 1.165) is 26.1 Å². The molecule has 128 valence electrons. The van der Waals surface area contributed by atoms with Gasteiger partial charge >= 0.3 is 145 Å². The predicted molar refractivity (Wildman–Crippen MR) is 95.2 cm³/mol. The zero-order valence-corrected chi connectivity index (χ0v) is 18.6. The minimum absolute atomic E-state index is 0.672. The molecule has 0 aromatic heterocycles. The third-order valence-corrected chi connectivity index (χ3v) is 18.9. The van der Waals surface area contributed by atoms with Crippen LogP contribution in [0.25, 0.3) is 0 Å². The van der Waals surface area contributed by atoms with E-state index in [0.29, 0.717) is 5.92 Å². The molecule has 0 bridgehead atoms. The van der Waals surface area contributed by atoms with Crippen LogP contribution in [0.5, 0.6) is 0 Å². The fourth-order valence-corrected chi connectivity index (χ4v) is 17.4. The molecule has 1 rings (SSSR count). The first kappa shape index (κ1) is 20.3. The third-order valence-electron chi connectivity index (χ3n) is 5.54. The summed E-state index contributed by atoms with van der Waals surface area (Å²) in [6.07, 6.45) is 7.21. The van der Waals surface area contributed by atoms with E-state index in [1.54, 1.807) is 8.85 Å². The molecule has 0 amide bonds. The van der Waals surface area contributed by atoms with Crippen LogP contribution in [-0.4, -0.2) is 49.3 Å². The van der Waals surface area contributed by atoms with Crippen LogP contribution >= 0.6 is 0 Å². The Morgan fingerprint density at radius 1 is 0.955 bits per heavy atom. The summed E-state index contributed by atoms with van der Waals surface area (Å²) in [5.41, 5.74) is 1.64. The fraction of sp³-hybridized carbons (Fsp3) is 0.778. The minimum atomic E-state index is -2.96. The van der Waals surface area contributed by atoms with Crippen molar-refractivity contribution in [3.63, 3.8) is 0 Å². The molecular weight excluding hydrogens is 349 g/mol. The molecule has 1 unspecified atom stereocenters. The first-order valence-corrected chi connectivity index (χ1v) is 13.5. The van der Waals surface area contributed by atoms with E-state index in [1.165, 1.54) is 6.42 Å². The Bertz CT molecular complexity index is 390. The zero-order valence-electron chi connectivity index (χ0n) is 16.1. The molecule has 0 aromatic rings. The van der Waals surface area contributed by atoms with Gasteiger partial charge in [-0.15, -0.1) is 0 Å². The summed E-state index contributed by atoms with van der Waals surface area (Å²) in [6.45, 7) is 15.0. The Morgan fingerprint density at radius 2 is 1.41 bits per heavy atom. The van der Waals surface area contributed by atoms with Crippen molar-refractivity contribution in [3.8, 4) is 0 Å². The summed E-state index contributed by atoms with van der Waals surface area (Å²) < 4.78 is 9.92. The molecule has 3 nitrogen and oxygen atoms in total. The maximum absolute atomic E-state index is 2.96. The molecule has 1 aliphatic carbocycles. The monoisotopic (exact) mass is 385 g/mol. The van der Waals surface area contributed by atoms with E-state index >= 15 is 0 Å². The van der Waals surface area contributed by atoms with Gasteiger partial charge in [-0.1, -0.05) is 0 Å². The van der Waals surface area contributed by atoms with Gasteiger partial charge in [-0.3, -0.25) is 0 Å². The molecule has 22 heavy (non-hydrogen) atoms. The Hall–Kier alpha value is 0.243. The van der Waals surface area contributed by atoms with Gasteiger partial charge in [0.15, 0.2) is 0 Å². The van der Waals surface area contributed by atoms with Gasteiger partial charge < -0.3 is 0 Å². The quantitative estimate of drug-likeness (QED) is 0.593. The van der Waals surface area contributed by atoms with Crippen LogP contribution in [0.3, 0.4) is 0 Å². The summed E-state index contributed by atoms with van der Waals surface area (Å²) in [5, 5.41) is 0. The topological polar surface area (TPSA) is 9.72 Å². The van der Waals surface area contributed by atoms with E-state index in [9.17, 15) is 0 Å². The van der Waals surface area contributed by atoms with Crippen molar-refractivity contribution < 1.29 is 21.1 Å². The van der Waals surface area contributed by atoms with Crippen molar-refractivity contribution in [2.75, 3.05) is 40.8 Å². The molecule has 0 spiro atoms. The first-order valence-electron chi connectivity index (χ1n) is 8.95. The molecule has 0 aliphatic heterocycles. The number of hydrogen-bond donors (Lipinski definition) is 0. The van der Waals surface area contributed by atoms with Gasteiger partial charge in [0.05, 0.1) is 0 Å². The molecular formula is C18H37N3Zr. The van der Waals surface area contributed by atoms with Gasteiger partial charge in [-0.05, 0) is 0 Å². The van der Waals surface area contributed by atoms with Crippen molar-refractivity contribution in [2.24, 2.45) is 5.92 Å². The second-order valence-electron chi connectivity index (χ2n) is 6.53. The molecule has 0 radical (unpaired) electrons. The van der Waals surface area contributed by atoms with Gasteiger partial charge in [0.2, 0.25) is 0 Å². The van der Waals surface area contributed by atoms with Crippen molar-refractivity contribution in [3.05, 3.63) is 21.0 Å². The number of rotatable bonds is 9. The van der Waals surface area contributed by atoms with Crippen LogP contribution in [0, 0.1) is 5.92 Å². The van der Waals surface area contributed by atoms with Crippen molar-refractivity contribution in [1.82, 2.24) is 8.53 Å². The van der Waals surface area contributed by atoms with Crippen LogP contribution in [0.4, 0.5) is 0 Å². The molecule has 0 saturated heterocycles. The second kappa shape index (κ2) is 8.92. The first-order chi connectivity index (χ1) is 10.4. The molecule has 0 heterocycles. The molecule has 0 N–H and O–H groups in total. The zero-order chi connectivity index (χ0) is 16.9. The van der Waals surface area contributed by atoms with Gasteiger partial charge in [-0.2, -0.15) is 0 Å². The van der Waals surface area contributed by atoms with Crippen LogP contribution in [0.15, 0.2) is 21.0 Å². The molecule has 0 fully saturated rings. The van der Waals surface area contributed by atoms with Crippen molar-refractivity contribution >= 4 is 0 Å². The van der Waals surface area contributed by atoms with E-state index in [-0.39, 0.29) is 0 Å². The van der Waals surface area contributed by atoms with E-state index in [4.69, 9.17) is 0 Å². The second-order valence-corrected chi connectivity index (χ2v) is 16.8. The summed E-state index contributed by atoms with van der Waals surface area (Å²) in [4.78, 5) is 0. The van der Waals surface area contributed by atoms with Crippen LogP contribution < -0.4 is 0 Å². The summed E-state index contributed by atoms with van der Waals surface area (Å²) in [5.74, 6) is 0.672. The van der Waals surface area contributed by atoms with Gasteiger partial charge in [-0.25, -0.2) is 0 Å². The number of allylic oxidation sites excluding steroid dienone is 4. The Balaban J connectivity index is 3.54. The molecule has 0 saturated carbocycles. The van der Waals surface area contributed by atoms with Crippen LogP contribution in [0.2, 0.25) is 0 Å². The predicted octanol–water partition coefficient (Wildman–Crippen LogP) is 4.00. The fourth-order valence-electron chi connectivity index (χ4n) is 3.76. The SMILES string of the molecule is CCC(C)C1=[C]([Zr]([N](C)CC)([N](C)CC)[N](C)CC)CC=C1. The Morgan fingerprint density at radius 3 is 1.77 bits per heavy atom. The van der Waals surface area contributed by atoms with E-state index in [2.05, 4.69) is 76.4 Å². The standard InChI is InChI=1S/C9H13.3C3H8N.Zr/c1-3-8(2)9-6-4-5-7-9;3*1-3-4-2;/h4,6,8H,3,5H2,1-2H3;3*3H2,1-2H3;/q;3*-1;+3. The van der Waals surface area contributed by atoms with Crippen molar-refractivity contribution in [1.29, 1.82) is 0 Å². The Labute approximate surface area is 144 Å². The van der Waals surface area contributed by atoms with Crippen LogP contribution in [-0.2, 0) is 21.1 Å². The Kier molecular flexibility index (Phi) is 8.22. The van der Waals surface area contributed by atoms with Gasteiger partial charge in [0.25, 0.3) is 0 Å². The van der Waals surface area contributed by atoms with Crippen molar-refractivity contribution in [2.45, 2.75) is 47.5 Å². The third kappa shape index (κ3) is 3.51. The maximum atomic E-state index is 2.71. The number of hydrogen-bond acceptors (Lipinski definition) is 3. The number of nitrogens with zero attached hydrogens (tertiary/aromatic N) is 3. The average molecular weight is 387 g/mol. The summed E-state index contributed by atoms with van der Waals surface area (Å²) in [7, 11) is 7.07. The summed E-state index contributed by atoms with van der Waals surface area (Å²) >= 11 is -2.96. The molecule has 0 aromatic carbocycles. The van der Waals surface area contributed by atoms with Gasteiger partial charge in [0.1, 0.15) is 0 Å². The molecule has 1 aliphatic rings. The molecule has 4 heteroatoms. The van der Waals surface area contributed by atoms with Gasteiger partial charge in [0, 0.05) is 0 Å². The summed E-state index contributed by atoms with van der Waals surface area (Å²) in [6, 6.07) is 0. The molecule has 1 atom stereocenters.